The minimum Gasteiger partial charge on any atom is -0.458 e. The zero-order chi connectivity index (χ0) is 17.7. The van der Waals surface area contributed by atoms with Crippen LogP contribution in [0.25, 0.3) is 0 Å². The highest BCUT2D eigenvalue weighted by molar-refractivity contribution is 5.27. The maximum absolute atomic E-state index is 6.17. The maximum Gasteiger partial charge on any atom is 0.127 e. The largest absolute Gasteiger partial charge is 0.458 e. The van der Waals surface area contributed by atoms with Crippen molar-refractivity contribution in [3.05, 3.63) is 54.3 Å². The van der Waals surface area contributed by atoms with E-state index in [0.29, 0.717) is 5.92 Å². The summed E-state index contributed by atoms with van der Waals surface area (Å²) in [5.74, 6) is 2.25. The number of allylic oxidation sites excluding steroid dienone is 3. The monoisotopic (exact) mass is 317 g/mol. The van der Waals surface area contributed by atoms with E-state index in [1.54, 1.807) is 0 Å². The number of hydrogen-bond donors (Lipinski definition) is 1. The molecule has 0 aliphatic heterocycles. The second-order valence-electron chi connectivity index (χ2n) is 6.12. The first kappa shape index (κ1) is 21.5. The Kier molecular flexibility index (Phi) is 11.2. The van der Waals surface area contributed by atoms with E-state index in [1.807, 2.05) is 50.3 Å². The van der Waals surface area contributed by atoms with Crippen LogP contribution in [-0.2, 0) is 0 Å². The van der Waals surface area contributed by atoms with Gasteiger partial charge in [-0.15, -0.1) is 0 Å². The lowest BCUT2D eigenvalue weighted by atomic mass is 9.84. The fraction of sp³-hybridized carbons (Fsp3) is 0.524. The summed E-state index contributed by atoms with van der Waals surface area (Å²) in [4.78, 5) is 0. The van der Waals surface area contributed by atoms with Gasteiger partial charge in [-0.25, -0.2) is 0 Å². The summed E-state index contributed by atoms with van der Waals surface area (Å²) < 4.78 is 5.83. The average molecular weight is 318 g/mol. The molecule has 23 heavy (non-hydrogen) atoms. The topological polar surface area (TPSA) is 35.2 Å². The summed E-state index contributed by atoms with van der Waals surface area (Å²) in [5.41, 5.74) is 6.02. The van der Waals surface area contributed by atoms with Crippen LogP contribution in [-0.4, -0.2) is 5.54 Å². The van der Waals surface area contributed by atoms with Gasteiger partial charge in [-0.05, 0) is 56.9 Å². The molecule has 1 atom stereocenters. The van der Waals surface area contributed by atoms with Gasteiger partial charge in [0, 0.05) is 5.54 Å². The molecule has 0 spiro atoms. The molecule has 1 aliphatic rings. The van der Waals surface area contributed by atoms with Crippen molar-refractivity contribution >= 4 is 0 Å². The van der Waals surface area contributed by atoms with Gasteiger partial charge in [-0.1, -0.05) is 58.4 Å². The molecule has 1 aromatic carbocycles. The highest BCUT2D eigenvalue weighted by Crippen LogP contribution is 2.26. The van der Waals surface area contributed by atoms with Gasteiger partial charge < -0.3 is 10.5 Å². The number of para-hydroxylation sites is 1. The van der Waals surface area contributed by atoms with E-state index in [2.05, 4.69) is 39.8 Å². The molecule has 1 aromatic rings. The standard InChI is InChI=1S/C16H21NO.C3H8.C2H6/c1-16(2,17)13-7-6-10-15(12-11-13)18-14-8-4-3-5-9-14;1-3-2;1-2/h3-6,8-10,12-13H,7,11,17H2,1-2H3;3H2,1-2H3;1-2H3. The second-order valence-corrected chi connectivity index (χ2v) is 6.12. The van der Waals surface area contributed by atoms with Gasteiger partial charge in [0.1, 0.15) is 11.5 Å². The van der Waals surface area contributed by atoms with Crippen LogP contribution in [0.2, 0.25) is 0 Å². The molecule has 0 heterocycles. The van der Waals surface area contributed by atoms with Gasteiger partial charge >= 0.3 is 0 Å². The predicted molar refractivity (Wildman–Crippen MR) is 103 cm³/mol. The predicted octanol–water partition coefficient (Wildman–Crippen LogP) is 6.10. The third-order valence-electron chi connectivity index (χ3n) is 3.34. The molecular weight excluding hydrogens is 282 g/mol. The highest BCUT2D eigenvalue weighted by atomic mass is 16.5. The molecule has 2 N–H and O–H groups in total. The lowest BCUT2D eigenvalue weighted by Gasteiger charge is -2.28. The van der Waals surface area contributed by atoms with Crippen LogP contribution in [0.15, 0.2) is 54.3 Å². The van der Waals surface area contributed by atoms with Crippen LogP contribution in [0.4, 0.5) is 0 Å². The fourth-order valence-electron chi connectivity index (χ4n) is 2.08. The normalized spacial score (nSPS) is 16.8. The van der Waals surface area contributed by atoms with E-state index in [9.17, 15) is 0 Å². The summed E-state index contributed by atoms with van der Waals surface area (Å²) in [6, 6.07) is 9.86. The van der Waals surface area contributed by atoms with Gasteiger partial charge in [-0.3, -0.25) is 0 Å². The van der Waals surface area contributed by atoms with Crippen molar-refractivity contribution in [3.63, 3.8) is 0 Å². The van der Waals surface area contributed by atoms with E-state index in [-0.39, 0.29) is 5.54 Å². The smallest absolute Gasteiger partial charge is 0.127 e. The van der Waals surface area contributed by atoms with Crippen LogP contribution < -0.4 is 10.5 Å². The van der Waals surface area contributed by atoms with Gasteiger partial charge in [0.25, 0.3) is 0 Å². The SMILES string of the molecule is CC.CC(C)(N)C1CC=CC(Oc2ccccc2)=CC1.CCC. The lowest BCUT2D eigenvalue weighted by Crippen LogP contribution is -2.40. The summed E-state index contributed by atoms with van der Waals surface area (Å²) in [5, 5.41) is 0. The van der Waals surface area contributed by atoms with Crippen molar-refractivity contribution in [2.24, 2.45) is 11.7 Å². The Hall–Kier alpha value is -1.54. The lowest BCUT2D eigenvalue weighted by molar-refractivity contribution is 0.324. The van der Waals surface area contributed by atoms with Crippen molar-refractivity contribution in [1.82, 2.24) is 0 Å². The molecule has 0 amide bonds. The molecule has 2 heteroatoms. The van der Waals surface area contributed by atoms with Gasteiger partial charge in [0.2, 0.25) is 0 Å². The minimum absolute atomic E-state index is 0.150. The zero-order valence-electron chi connectivity index (χ0n) is 15.8. The van der Waals surface area contributed by atoms with Gasteiger partial charge in [0.05, 0.1) is 0 Å². The van der Waals surface area contributed by atoms with Crippen molar-refractivity contribution in [2.75, 3.05) is 0 Å². The fourth-order valence-corrected chi connectivity index (χ4v) is 2.08. The number of benzene rings is 1. The molecule has 1 unspecified atom stereocenters. The Balaban J connectivity index is 0.000000868. The quantitative estimate of drug-likeness (QED) is 0.731. The average Bonchev–Trinajstić information content (AvgIpc) is 2.77. The Bertz CT molecular complexity index is 454. The summed E-state index contributed by atoms with van der Waals surface area (Å²) in [6.07, 6.45) is 9.54. The Morgan fingerprint density at radius 3 is 2.17 bits per heavy atom. The van der Waals surface area contributed by atoms with E-state index in [0.717, 1.165) is 24.4 Å². The van der Waals surface area contributed by atoms with Crippen LogP contribution in [0.1, 0.15) is 60.8 Å². The summed E-state index contributed by atoms with van der Waals surface area (Å²) >= 11 is 0. The molecule has 130 valence electrons. The molecular formula is C21H35NO. The Morgan fingerprint density at radius 1 is 1.09 bits per heavy atom. The molecule has 2 rings (SSSR count). The van der Waals surface area contributed by atoms with Crippen LogP contribution >= 0.6 is 0 Å². The van der Waals surface area contributed by atoms with Crippen molar-refractivity contribution in [1.29, 1.82) is 0 Å². The van der Waals surface area contributed by atoms with Crippen LogP contribution in [0.3, 0.4) is 0 Å². The number of rotatable bonds is 3. The van der Waals surface area contributed by atoms with Crippen molar-refractivity contribution in [3.8, 4) is 5.75 Å². The summed E-state index contributed by atoms with van der Waals surface area (Å²) in [6.45, 7) is 12.4. The molecule has 0 radical (unpaired) electrons. The van der Waals surface area contributed by atoms with Crippen molar-refractivity contribution < 1.29 is 4.74 Å². The van der Waals surface area contributed by atoms with Crippen LogP contribution in [0, 0.1) is 5.92 Å². The first-order valence-corrected chi connectivity index (χ1v) is 8.85. The molecule has 0 saturated heterocycles. The minimum atomic E-state index is -0.150. The molecule has 0 saturated carbocycles. The number of hydrogen-bond acceptors (Lipinski definition) is 2. The van der Waals surface area contributed by atoms with Gasteiger partial charge in [-0.2, -0.15) is 0 Å². The van der Waals surface area contributed by atoms with Crippen LogP contribution in [0.5, 0.6) is 5.75 Å². The van der Waals surface area contributed by atoms with Gasteiger partial charge in [0.15, 0.2) is 0 Å². The number of nitrogens with two attached hydrogens (primary N) is 1. The number of ether oxygens (including phenoxy) is 1. The maximum atomic E-state index is 6.17. The van der Waals surface area contributed by atoms with E-state index in [1.165, 1.54) is 6.42 Å². The summed E-state index contributed by atoms with van der Waals surface area (Å²) in [7, 11) is 0. The van der Waals surface area contributed by atoms with E-state index in [4.69, 9.17) is 10.5 Å². The zero-order valence-corrected chi connectivity index (χ0v) is 15.8. The molecule has 2 nitrogen and oxygen atoms in total. The van der Waals surface area contributed by atoms with Crippen molar-refractivity contribution in [2.45, 2.75) is 66.3 Å². The molecule has 0 aromatic heterocycles. The first-order chi connectivity index (χ1) is 11.0. The molecule has 0 bridgehead atoms. The highest BCUT2D eigenvalue weighted by Gasteiger charge is 2.24. The molecule has 0 fully saturated rings. The Labute approximate surface area is 143 Å². The first-order valence-electron chi connectivity index (χ1n) is 8.85. The van der Waals surface area contributed by atoms with E-state index >= 15 is 0 Å². The molecule has 1 aliphatic carbocycles. The third-order valence-corrected chi connectivity index (χ3v) is 3.34. The second kappa shape index (κ2) is 12.0. The third kappa shape index (κ3) is 9.25. The van der Waals surface area contributed by atoms with E-state index < -0.39 is 0 Å². The Morgan fingerprint density at radius 2 is 1.65 bits per heavy atom.